The summed E-state index contributed by atoms with van der Waals surface area (Å²) >= 11 is 3.42. The zero-order chi connectivity index (χ0) is 17.9. The van der Waals surface area contributed by atoms with Crippen molar-refractivity contribution in [1.82, 2.24) is 0 Å². The van der Waals surface area contributed by atoms with Gasteiger partial charge in [-0.2, -0.15) is 0 Å². The SMILES string of the molecule is CCCCCCCC/C(=C/C(=O)OCCCCCBr)CCCCC. The summed E-state index contributed by atoms with van der Waals surface area (Å²) < 4.78 is 5.35. The molecule has 0 aliphatic carbocycles. The second kappa shape index (κ2) is 19.0. The maximum atomic E-state index is 12.0. The Morgan fingerprint density at radius 3 is 2.00 bits per heavy atom. The molecule has 0 fully saturated rings. The van der Waals surface area contributed by atoms with Crippen molar-refractivity contribution in [2.75, 3.05) is 11.9 Å². The molecular weight excluding hydrogens is 364 g/mol. The predicted octanol–water partition coefficient (Wildman–Crippen LogP) is 7.35. The highest BCUT2D eigenvalue weighted by molar-refractivity contribution is 9.09. The molecule has 0 saturated heterocycles. The second-order valence-electron chi connectivity index (χ2n) is 6.69. The van der Waals surface area contributed by atoms with Crippen LogP contribution in [0, 0.1) is 0 Å². The van der Waals surface area contributed by atoms with Crippen LogP contribution in [0.5, 0.6) is 0 Å². The van der Waals surface area contributed by atoms with E-state index in [0.717, 1.165) is 37.4 Å². The average Bonchev–Trinajstić information content (AvgIpc) is 2.57. The largest absolute Gasteiger partial charge is 0.463 e. The molecule has 2 nitrogen and oxygen atoms in total. The average molecular weight is 403 g/mol. The molecule has 0 rings (SSSR count). The van der Waals surface area contributed by atoms with Gasteiger partial charge in [0, 0.05) is 11.4 Å². The molecule has 0 aromatic rings. The van der Waals surface area contributed by atoms with Crippen LogP contribution in [0.15, 0.2) is 11.6 Å². The number of allylic oxidation sites excluding steroid dienone is 1. The van der Waals surface area contributed by atoms with Crippen LogP contribution in [-0.4, -0.2) is 17.9 Å². The topological polar surface area (TPSA) is 26.3 Å². The monoisotopic (exact) mass is 402 g/mol. The molecule has 0 radical (unpaired) electrons. The standard InChI is InChI=1S/C21H39BrO2/c1-3-5-7-8-9-12-16-20(15-11-6-4-2)19-21(23)24-18-14-10-13-17-22/h19H,3-18H2,1-2H3/b20-19+. The molecule has 0 atom stereocenters. The van der Waals surface area contributed by atoms with Gasteiger partial charge in [0.1, 0.15) is 0 Å². The first kappa shape index (κ1) is 23.7. The van der Waals surface area contributed by atoms with Crippen molar-refractivity contribution >= 4 is 21.9 Å². The van der Waals surface area contributed by atoms with Crippen LogP contribution in [0.2, 0.25) is 0 Å². The zero-order valence-corrected chi connectivity index (χ0v) is 17.7. The Labute approximate surface area is 158 Å². The lowest BCUT2D eigenvalue weighted by Gasteiger charge is -2.08. The summed E-state index contributed by atoms with van der Waals surface area (Å²) in [5.41, 5.74) is 1.30. The van der Waals surface area contributed by atoms with Gasteiger partial charge < -0.3 is 4.74 Å². The molecule has 0 aromatic carbocycles. The van der Waals surface area contributed by atoms with E-state index in [2.05, 4.69) is 29.8 Å². The lowest BCUT2D eigenvalue weighted by atomic mass is 10.00. The maximum absolute atomic E-state index is 12.0. The molecule has 24 heavy (non-hydrogen) atoms. The minimum Gasteiger partial charge on any atom is -0.463 e. The summed E-state index contributed by atoms with van der Waals surface area (Å²) in [4.78, 5) is 12.0. The predicted molar refractivity (Wildman–Crippen MR) is 109 cm³/mol. The number of alkyl halides is 1. The van der Waals surface area contributed by atoms with E-state index in [0.29, 0.717) is 6.61 Å². The number of carbonyl (C=O) groups excluding carboxylic acids is 1. The summed E-state index contributed by atoms with van der Waals surface area (Å²) in [7, 11) is 0. The number of halogens is 1. The van der Waals surface area contributed by atoms with Crippen LogP contribution in [0.1, 0.15) is 104 Å². The van der Waals surface area contributed by atoms with Gasteiger partial charge >= 0.3 is 5.97 Å². The van der Waals surface area contributed by atoms with E-state index < -0.39 is 0 Å². The molecule has 0 heterocycles. The van der Waals surface area contributed by atoms with E-state index in [1.165, 1.54) is 63.4 Å². The summed E-state index contributed by atoms with van der Waals surface area (Å²) in [6.07, 6.45) is 18.6. The second-order valence-corrected chi connectivity index (χ2v) is 7.49. The first-order valence-electron chi connectivity index (χ1n) is 10.2. The quantitative estimate of drug-likeness (QED) is 0.110. The van der Waals surface area contributed by atoms with Crippen LogP contribution < -0.4 is 0 Å². The van der Waals surface area contributed by atoms with Gasteiger partial charge in [-0.1, -0.05) is 80.3 Å². The van der Waals surface area contributed by atoms with Crippen molar-refractivity contribution in [2.45, 2.75) is 104 Å². The van der Waals surface area contributed by atoms with Gasteiger partial charge in [-0.25, -0.2) is 4.79 Å². The number of carbonyl (C=O) groups is 1. The fraction of sp³-hybridized carbons (Fsp3) is 0.857. The van der Waals surface area contributed by atoms with Gasteiger partial charge in [0.25, 0.3) is 0 Å². The molecule has 0 spiro atoms. The molecule has 0 unspecified atom stereocenters. The number of ether oxygens (including phenoxy) is 1. The van der Waals surface area contributed by atoms with Crippen molar-refractivity contribution in [3.05, 3.63) is 11.6 Å². The first-order valence-corrected chi connectivity index (χ1v) is 11.3. The van der Waals surface area contributed by atoms with Crippen LogP contribution in [-0.2, 0) is 9.53 Å². The van der Waals surface area contributed by atoms with Crippen molar-refractivity contribution in [3.8, 4) is 0 Å². The molecule has 0 aliphatic heterocycles. The van der Waals surface area contributed by atoms with Gasteiger partial charge in [-0.15, -0.1) is 0 Å². The van der Waals surface area contributed by atoms with Crippen LogP contribution >= 0.6 is 15.9 Å². The normalized spacial score (nSPS) is 11.7. The van der Waals surface area contributed by atoms with Crippen LogP contribution in [0.25, 0.3) is 0 Å². The number of hydrogen-bond acceptors (Lipinski definition) is 2. The fourth-order valence-electron chi connectivity index (χ4n) is 2.76. The zero-order valence-electron chi connectivity index (χ0n) is 16.1. The number of esters is 1. The van der Waals surface area contributed by atoms with Gasteiger partial charge in [-0.3, -0.25) is 0 Å². The molecule has 0 saturated carbocycles. The highest BCUT2D eigenvalue weighted by Crippen LogP contribution is 2.18. The smallest absolute Gasteiger partial charge is 0.330 e. The molecule has 3 heteroatoms. The van der Waals surface area contributed by atoms with E-state index in [9.17, 15) is 4.79 Å². The molecule has 0 aliphatic rings. The maximum Gasteiger partial charge on any atom is 0.330 e. The third-order valence-electron chi connectivity index (χ3n) is 4.30. The number of unbranched alkanes of at least 4 members (excludes halogenated alkanes) is 9. The van der Waals surface area contributed by atoms with Crippen molar-refractivity contribution in [1.29, 1.82) is 0 Å². The minimum atomic E-state index is -0.133. The van der Waals surface area contributed by atoms with Gasteiger partial charge in [-0.05, 0) is 44.9 Å². The summed E-state index contributed by atoms with van der Waals surface area (Å²) in [5.74, 6) is -0.133. The lowest BCUT2D eigenvalue weighted by Crippen LogP contribution is -2.04. The van der Waals surface area contributed by atoms with Crippen LogP contribution in [0.3, 0.4) is 0 Å². The van der Waals surface area contributed by atoms with E-state index >= 15 is 0 Å². The molecule has 0 bridgehead atoms. The van der Waals surface area contributed by atoms with Gasteiger partial charge in [0.05, 0.1) is 6.61 Å². The van der Waals surface area contributed by atoms with E-state index in [1.807, 2.05) is 0 Å². The highest BCUT2D eigenvalue weighted by Gasteiger charge is 2.04. The van der Waals surface area contributed by atoms with E-state index in [4.69, 9.17) is 4.74 Å². The third-order valence-corrected chi connectivity index (χ3v) is 4.86. The van der Waals surface area contributed by atoms with E-state index in [-0.39, 0.29) is 5.97 Å². The van der Waals surface area contributed by atoms with Crippen molar-refractivity contribution in [2.24, 2.45) is 0 Å². The Hall–Kier alpha value is -0.310. The highest BCUT2D eigenvalue weighted by atomic mass is 79.9. The summed E-state index contributed by atoms with van der Waals surface area (Å²) in [5, 5.41) is 1.03. The Morgan fingerprint density at radius 1 is 0.792 bits per heavy atom. The molecule has 0 aromatic heterocycles. The Kier molecular flexibility index (Phi) is 18.8. The molecule has 0 amide bonds. The van der Waals surface area contributed by atoms with Crippen LogP contribution in [0.4, 0.5) is 0 Å². The third kappa shape index (κ3) is 16.5. The van der Waals surface area contributed by atoms with E-state index in [1.54, 1.807) is 6.08 Å². The molecule has 142 valence electrons. The lowest BCUT2D eigenvalue weighted by molar-refractivity contribution is -0.137. The van der Waals surface area contributed by atoms with Crippen molar-refractivity contribution in [3.63, 3.8) is 0 Å². The first-order chi connectivity index (χ1) is 11.7. The summed E-state index contributed by atoms with van der Waals surface area (Å²) in [6.45, 7) is 5.03. The van der Waals surface area contributed by atoms with Crippen molar-refractivity contribution < 1.29 is 9.53 Å². The minimum absolute atomic E-state index is 0.133. The molecule has 0 N–H and O–H groups in total. The fourth-order valence-corrected chi connectivity index (χ4v) is 3.15. The number of hydrogen-bond donors (Lipinski definition) is 0. The Bertz CT molecular complexity index is 313. The summed E-state index contributed by atoms with van der Waals surface area (Å²) in [6, 6.07) is 0. The Balaban J connectivity index is 4.08. The van der Waals surface area contributed by atoms with Gasteiger partial charge in [0.15, 0.2) is 0 Å². The molecular formula is C21H39BrO2. The van der Waals surface area contributed by atoms with Gasteiger partial charge in [0.2, 0.25) is 0 Å². The number of rotatable bonds is 17. The Morgan fingerprint density at radius 2 is 1.33 bits per heavy atom.